The predicted octanol–water partition coefficient (Wildman–Crippen LogP) is 0.773. The molecule has 0 aromatic heterocycles. The lowest BCUT2D eigenvalue weighted by molar-refractivity contribution is -0.124. The van der Waals surface area contributed by atoms with Crippen LogP contribution in [-0.4, -0.2) is 55.6 Å². The molecule has 2 aliphatic rings. The molecule has 130 valence electrons. The van der Waals surface area contributed by atoms with Gasteiger partial charge in [-0.2, -0.15) is 0 Å². The van der Waals surface area contributed by atoms with Crippen molar-refractivity contribution in [2.45, 2.75) is 26.4 Å². The number of hydrogen-bond acceptors (Lipinski definition) is 4. The smallest absolute Gasteiger partial charge is 0.251 e. The third-order valence-corrected chi connectivity index (χ3v) is 4.75. The average Bonchev–Trinajstić information content (AvgIpc) is 2.86. The molecular formula is C18H25N3O3. The summed E-state index contributed by atoms with van der Waals surface area (Å²) in [5, 5.41) is 5.88. The Balaban J connectivity index is 1.57. The minimum atomic E-state index is -0.0672. The molecule has 0 spiro atoms. The van der Waals surface area contributed by atoms with Gasteiger partial charge in [0.15, 0.2) is 0 Å². The number of rotatable bonds is 4. The molecule has 1 unspecified atom stereocenters. The van der Waals surface area contributed by atoms with Gasteiger partial charge >= 0.3 is 0 Å². The van der Waals surface area contributed by atoms with E-state index in [0.717, 1.165) is 18.7 Å². The monoisotopic (exact) mass is 331 g/mol. The molecule has 2 saturated heterocycles. The van der Waals surface area contributed by atoms with Crippen molar-refractivity contribution in [3.63, 3.8) is 0 Å². The molecule has 2 heterocycles. The van der Waals surface area contributed by atoms with Gasteiger partial charge in [0, 0.05) is 30.6 Å². The number of nitrogens with zero attached hydrogens (tertiary/aromatic N) is 1. The van der Waals surface area contributed by atoms with Crippen LogP contribution in [0, 0.1) is 5.41 Å². The number of ether oxygens (including phenoxy) is 1. The van der Waals surface area contributed by atoms with Crippen molar-refractivity contribution < 1.29 is 14.3 Å². The van der Waals surface area contributed by atoms with Crippen LogP contribution in [0.2, 0.25) is 0 Å². The number of carbonyl (C=O) groups excluding carboxylic acids is 2. The molecule has 6 nitrogen and oxygen atoms in total. The van der Waals surface area contributed by atoms with Gasteiger partial charge in [-0.15, -0.1) is 0 Å². The number of amides is 2. The first-order valence-electron chi connectivity index (χ1n) is 8.41. The Kier molecular flexibility index (Phi) is 4.87. The second-order valence-corrected chi connectivity index (χ2v) is 7.29. The largest absolute Gasteiger partial charge is 0.379 e. The zero-order valence-corrected chi connectivity index (χ0v) is 14.3. The van der Waals surface area contributed by atoms with Crippen molar-refractivity contribution in [3.8, 4) is 0 Å². The van der Waals surface area contributed by atoms with Crippen molar-refractivity contribution >= 4 is 11.8 Å². The van der Waals surface area contributed by atoms with Gasteiger partial charge in [0.05, 0.1) is 25.8 Å². The number of carbonyl (C=O) groups is 2. The van der Waals surface area contributed by atoms with E-state index in [4.69, 9.17) is 4.74 Å². The van der Waals surface area contributed by atoms with Crippen LogP contribution in [0.1, 0.15) is 29.8 Å². The molecule has 24 heavy (non-hydrogen) atoms. The molecule has 2 N–H and O–H groups in total. The summed E-state index contributed by atoms with van der Waals surface area (Å²) in [5.74, 6) is 0.00104. The van der Waals surface area contributed by atoms with Gasteiger partial charge in [-0.1, -0.05) is 26.0 Å². The SMILES string of the molecule is CC1(C)COCC1NC(=O)c1ccc(CN2CCNC(=O)C2)cc1. The minimum Gasteiger partial charge on any atom is -0.379 e. The standard InChI is InChI=1S/C18H25N3O3/c1-18(2)12-24-11-15(18)20-17(23)14-5-3-13(4-6-14)9-21-8-7-19-16(22)10-21/h3-6,15H,7-12H2,1-2H3,(H,19,22)(H,20,23). The third kappa shape index (κ3) is 3.94. The molecule has 0 bridgehead atoms. The fourth-order valence-corrected chi connectivity index (χ4v) is 3.09. The molecule has 2 amide bonds. The molecule has 0 saturated carbocycles. The summed E-state index contributed by atoms with van der Waals surface area (Å²) in [5.41, 5.74) is 1.72. The van der Waals surface area contributed by atoms with Crippen LogP contribution in [0.15, 0.2) is 24.3 Å². The van der Waals surface area contributed by atoms with Crippen LogP contribution in [-0.2, 0) is 16.1 Å². The summed E-state index contributed by atoms with van der Waals surface area (Å²) in [4.78, 5) is 25.9. The Morgan fingerprint density at radius 1 is 1.38 bits per heavy atom. The van der Waals surface area contributed by atoms with Crippen molar-refractivity contribution in [1.29, 1.82) is 0 Å². The van der Waals surface area contributed by atoms with Crippen LogP contribution < -0.4 is 10.6 Å². The number of piperazine rings is 1. The topological polar surface area (TPSA) is 70.7 Å². The minimum absolute atomic E-state index is 0.0373. The average molecular weight is 331 g/mol. The van der Waals surface area contributed by atoms with E-state index in [9.17, 15) is 9.59 Å². The molecule has 6 heteroatoms. The molecule has 2 fully saturated rings. The van der Waals surface area contributed by atoms with E-state index in [0.29, 0.717) is 31.9 Å². The highest BCUT2D eigenvalue weighted by Gasteiger charge is 2.36. The van der Waals surface area contributed by atoms with E-state index in [1.807, 2.05) is 24.3 Å². The molecule has 1 aromatic rings. The molecule has 2 aliphatic heterocycles. The zero-order chi connectivity index (χ0) is 17.2. The van der Waals surface area contributed by atoms with Gasteiger partial charge in [0.2, 0.25) is 5.91 Å². The van der Waals surface area contributed by atoms with Crippen LogP contribution in [0.5, 0.6) is 0 Å². The second kappa shape index (κ2) is 6.91. The molecule has 1 aromatic carbocycles. The number of benzene rings is 1. The van der Waals surface area contributed by atoms with E-state index < -0.39 is 0 Å². The van der Waals surface area contributed by atoms with Crippen LogP contribution in [0.4, 0.5) is 0 Å². The lowest BCUT2D eigenvalue weighted by Crippen LogP contribution is -2.47. The van der Waals surface area contributed by atoms with Gasteiger partial charge in [-0.3, -0.25) is 14.5 Å². The summed E-state index contributed by atoms with van der Waals surface area (Å²) >= 11 is 0. The maximum Gasteiger partial charge on any atom is 0.251 e. The van der Waals surface area contributed by atoms with E-state index in [2.05, 4.69) is 29.4 Å². The summed E-state index contributed by atoms with van der Waals surface area (Å²) in [7, 11) is 0. The molecule has 0 radical (unpaired) electrons. The van der Waals surface area contributed by atoms with Crippen LogP contribution >= 0.6 is 0 Å². The first kappa shape index (κ1) is 16.9. The van der Waals surface area contributed by atoms with Gasteiger partial charge in [0.1, 0.15) is 0 Å². The summed E-state index contributed by atoms with van der Waals surface area (Å²) in [6, 6.07) is 7.64. The van der Waals surface area contributed by atoms with E-state index in [-0.39, 0.29) is 23.3 Å². The molecule has 0 aliphatic carbocycles. The van der Waals surface area contributed by atoms with Crippen LogP contribution in [0.3, 0.4) is 0 Å². The van der Waals surface area contributed by atoms with Crippen molar-refractivity contribution in [2.24, 2.45) is 5.41 Å². The van der Waals surface area contributed by atoms with Crippen molar-refractivity contribution in [2.75, 3.05) is 32.8 Å². The highest BCUT2D eigenvalue weighted by molar-refractivity contribution is 5.94. The lowest BCUT2D eigenvalue weighted by Gasteiger charge is -2.26. The second-order valence-electron chi connectivity index (χ2n) is 7.29. The maximum atomic E-state index is 12.4. The van der Waals surface area contributed by atoms with E-state index >= 15 is 0 Å². The first-order chi connectivity index (χ1) is 11.4. The summed E-state index contributed by atoms with van der Waals surface area (Å²) in [6.45, 7) is 8.13. The highest BCUT2D eigenvalue weighted by Crippen LogP contribution is 2.27. The van der Waals surface area contributed by atoms with Crippen molar-refractivity contribution in [1.82, 2.24) is 15.5 Å². The molecular weight excluding hydrogens is 306 g/mol. The van der Waals surface area contributed by atoms with Gasteiger partial charge in [-0.25, -0.2) is 0 Å². The van der Waals surface area contributed by atoms with Gasteiger partial charge in [-0.05, 0) is 17.7 Å². The Morgan fingerprint density at radius 3 is 2.75 bits per heavy atom. The quantitative estimate of drug-likeness (QED) is 0.855. The summed E-state index contributed by atoms with van der Waals surface area (Å²) < 4.78 is 5.47. The van der Waals surface area contributed by atoms with Gasteiger partial charge in [0.25, 0.3) is 5.91 Å². The van der Waals surface area contributed by atoms with Crippen molar-refractivity contribution in [3.05, 3.63) is 35.4 Å². The predicted molar refractivity (Wildman–Crippen MR) is 90.6 cm³/mol. The highest BCUT2D eigenvalue weighted by atomic mass is 16.5. The lowest BCUT2D eigenvalue weighted by atomic mass is 9.88. The molecule has 1 atom stereocenters. The normalized spacial score (nSPS) is 23.8. The Hall–Kier alpha value is -1.92. The van der Waals surface area contributed by atoms with Crippen LogP contribution in [0.25, 0.3) is 0 Å². The van der Waals surface area contributed by atoms with E-state index in [1.54, 1.807) is 0 Å². The first-order valence-corrected chi connectivity index (χ1v) is 8.41. The number of nitrogens with one attached hydrogen (secondary N) is 2. The van der Waals surface area contributed by atoms with E-state index in [1.165, 1.54) is 0 Å². The molecule has 3 rings (SSSR count). The maximum absolute atomic E-state index is 12.4. The Bertz CT molecular complexity index is 612. The Morgan fingerprint density at radius 2 is 2.12 bits per heavy atom. The summed E-state index contributed by atoms with van der Waals surface area (Å²) in [6.07, 6.45) is 0. The fraction of sp³-hybridized carbons (Fsp3) is 0.556. The third-order valence-electron chi connectivity index (χ3n) is 4.75. The zero-order valence-electron chi connectivity index (χ0n) is 14.3. The fourth-order valence-electron chi connectivity index (χ4n) is 3.09. The van der Waals surface area contributed by atoms with Gasteiger partial charge < -0.3 is 15.4 Å². The Labute approximate surface area is 142 Å². The number of hydrogen-bond donors (Lipinski definition) is 2.